The number of carbonyl (C=O) groups excluding carboxylic acids is 4. The molecule has 1 fully saturated rings. The lowest BCUT2D eigenvalue weighted by Gasteiger charge is -2.24. The number of hydrogen-bond acceptors (Lipinski definition) is 5. The lowest BCUT2D eigenvalue weighted by Crippen LogP contribution is -2.51. The molecule has 33 heavy (non-hydrogen) atoms. The van der Waals surface area contributed by atoms with Gasteiger partial charge in [0.1, 0.15) is 18.4 Å². The van der Waals surface area contributed by atoms with Crippen molar-refractivity contribution in [2.24, 2.45) is 5.92 Å². The summed E-state index contributed by atoms with van der Waals surface area (Å²) < 4.78 is 5.74. The first-order valence-electron chi connectivity index (χ1n) is 11.9. The highest BCUT2D eigenvalue weighted by Gasteiger charge is 2.26. The lowest BCUT2D eigenvalue weighted by molar-refractivity contribution is -0.127. The van der Waals surface area contributed by atoms with Crippen LogP contribution in [0.2, 0.25) is 0 Å². The largest absolute Gasteiger partial charge is 0.446 e. The van der Waals surface area contributed by atoms with E-state index in [1.807, 2.05) is 44.2 Å². The molecule has 1 aromatic rings. The fourth-order valence-corrected chi connectivity index (χ4v) is 3.84. The molecule has 0 radical (unpaired) electrons. The van der Waals surface area contributed by atoms with Gasteiger partial charge in [-0.3, -0.25) is 9.59 Å². The van der Waals surface area contributed by atoms with E-state index in [9.17, 15) is 19.2 Å². The van der Waals surface area contributed by atoms with Gasteiger partial charge in [-0.05, 0) is 43.6 Å². The zero-order chi connectivity index (χ0) is 24.1. The third-order valence-electron chi connectivity index (χ3n) is 5.59. The summed E-state index contributed by atoms with van der Waals surface area (Å²) in [5, 5.41) is 8.20. The summed E-state index contributed by atoms with van der Waals surface area (Å²) in [5.41, 5.74) is 1.07. The average Bonchev–Trinajstić information content (AvgIpc) is 2.78. The van der Waals surface area contributed by atoms with Crippen molar-refractivity contribution in [2.75, 3.05) is 6.54 Å². The molecular formula is C25H37N3O5. The minimum atomic E-state index is -0.832. The fraction of sp³-hybridized carbons (Fsp3) is 0.600. The maximum absolute atomic E-state index is 12.8. The molecule has 1 heterocycles. The summed E-state index contributed by atoms with van der Waals surface area (Å²) in [6.45, 7) is 4.45. The number of hydrogen-bond donors (Lipinski definition) is 3. The third-order valence-corrected chi connectivity index (χ3v) is 5.59. The van der Waals surface area contributed by atoms with Gasteiger partial charge < -0.3 is 25.5 Å². The van der Waals surface area contributed by atoms with Crippen molar-refractivity contribution < 1.29 is 23.9 Å². The van der Waals surface area contributed by atoms with Crippen molar-refractivity contribution >= 4 is 24.2 Å². The molecule has 0 saturated carbocycles. The predicted molar refractivity (Wildman–Crippen MR) is 126 cm³/mol. The topological polar surface area (TPSA) is 114 Å². The van der Waals surface area contributed by atoms with E-state index >= 15 is 0 Å². The Kier molecular flexibility index (Phi) is 11.4. The van der Waals surface area contributed by atoms with E-state index < -0.39 is 24.1 Å². The van der Waals surface area contributed by atoms with Gasteiger partial charge >= 0.3 is 6.09 Å². The molecule has 1 unspecified atom stereocenters. The van der Waals surface area contributed by atoms with Crippen LogP contribution in [0.3, 0.4) is 0 Å². The highest BCUT2D eigenvalue weighted by Crippen LogP contribution is 2.15. The Labute approximate surface area is 196 Å². The van der Waals surface area contributed by atoms with Gasteiger partial charge in [0.25, 0.3) is 0 Å². The first kappa shape index (κ1) is 26.4. The number of ether oxygens (including phenoxy) is 1. The standard InChI is InChI=1S/C25H37N3O5/c1-18(2)15-22-24(31)27-20(17-29)12-13-23(30)26-14-8-4-7-11-21(33-25(32)28-22)16-19-9-5-3-6-10-19/h3,5-6,9-10,17-18,20-22H,4,7-8,11-16H2,1-2H3,(H,26,30)(H,27,31)(H,28,32)/t20-,21?,22-/m0/s1. The maximum atomic E-state index is 12.8. The first-order valence-corrected chi connectivity index (χ1v) is 11.9. The Bertz CT molecular complexity index is 769. The third kappa shape index (κ3) is 10.5. The summed E-state index contributed by atoms with van der Waals surface area (Å²) in [4.78, 5) is 49.1. The second-order valence-electron chi connectivity index (χ2n) is 9.03. The number of rotatable bonds is 5. The number of aldehydes is 1. The maximum Gasteiger partial charge on any atom is 0.408 e. The van der Waals surface area contributed by atoms with Crippen LogP contribution in [0, 0.1) is 5.92 Å². The van der Waals surface area contributed by atoms with Crippen molar-refractivity contribution in [3.63, 3.8) is 0 Å². The average molecular weight is 460 g/mol. The highest BCUT2D eigenvalue weighted by atomic mass is 16.6. The smallest absolute Gasteiger partial charge is 0.408 e. The molecule has 3 amide bonds. The van der Waals surface area contributed by atoms with Crippen LogP contribution in [0.1, 0.15) is 64.4 Å². The summed E-state index contributed by atoms with van der Waals surface area (Å²) >= 11 is 0. The first-order chi connectivity index (χ1) is 15.9. The Morgan fingerprint density at radius 2 is 1.79 bits per heavy atom. The van der Waals surface area contributed by atoms with E-state index in [4.69, 9.17) is 4.74 Å². The quantitative estimate of drug-likeness (QED) is 0.586. The molecule has 3 N–H and O–H groups in total. The van der Waals surface area contributed by atoms with Gasteiger partial charge in [0.05, 0.1) is 6.04 Å². The Balaban J connectivity index is 2.14. The van der Waals surface area contributed by atoms with Crippen LogP contribution in [-0.4, -0.2) is 48.9 Å². The predicted octanol–water partition coefficient (Wildman–Crippen LogP) is 2.89. The Morgan fingerprint density at radius 3 is 2.48 bits per heavy atom. The number of amides is 3. The molecule has 182 valence electrons. The monoisotopic (exact) mass is 459 g/mol. The number of benzene rings is 1. The van der Waals surface area contributed by atoms with E-state index in [2.05, 4.69) is 16.0 Å². The van der Waals surface area contributed by atoms with Gasteiger partial charge in [-0.2, -0.15) is 0 Å². The van der Waals surface area contributed by atoms with E-state index in [1.54, 1.807) is 0 Å². The summed E-state index contributed by atoms with van der Waals surface area (Å²) in [5.74, 6) is -0.462. The molecule has 2 rings (SSSR count). The molecule has 3 atom stereocenters. The van der Waals surface area contributed by atoms with Crippen molar-refractivity contribution in [3.05, 3.63) is 35.9 Å². The van der Waals surface area contributed by atoms with E-state index in [0.29, 0.717) is 32.1 Å². The molecule has 8 heteroatoms. The number of cyclic esters (lactones) is 1. The van der Waals surface area contributed by atoms with Gasteiger partial charge in [-0.1, -0.05) is 50.6 Å². The van der Waals surface area contributed by atoms with E-state index in [0.717, 1.165) is 24.8 Å². The van der Waals surface area contributed by atoms with Gasteiger partial charge in [-0.25, -0.2) is 4.79 Å². The van der Waals surface area contributed by atoms with Crippen molar-refractivity contribution in [1.82, 2.24) is 16.0 Å². The van der Waals surface area contributed by atoms with Gasteiger partial charge in [-0.15, -0.1) is 0 Å². The van der Waals surface area contributed by atoms with Gasteiger partial charge in [0.15, 0.2) is 0 Å². The van der Waals surface area contributed by atoms with Crippen LogP contribution in [0.5, 0.6) is 0 Å². The van der Waals surface area contributed by atoms with Crippen molar-refractivity contribution in [1.29, 1.82) is 0 Å². The molecule has 0 spiro atoms. The Morgan fingerprint density at radius 1 is 1.03 bits per heavy atom. The minimum Gasteiger partial charge on any atom is -0.446 e. The summed E-state index contributed by atoms with van der Waals surface area (Å²) in [6, 6.07) is 8.20. The van der Waals surface area contributed by atoms with Crippen molar-refractivity contribution in [3.8, 4) is 0 Å². The van der Waals surface area contributed by atoms with Gasteiger partial charge in [0, 0.05) is 19.4 Å². The summed E-state index contributed by atoms with van der Waals surface area (Å²) in [6.07, 6.45) is 4.24. The van der Waals surface area contributed by atoms with Crippen LogP contribution in [0.15, 0.2) is 30.3 Å². The van der Waals surface area contributed by atoms with Crippen LogP contribution < -0.4 is 16.0 Å². The van der Waals surface area contributed by atoms with Gasteiger partial charge in [0.2, 0.25) is 11.8 Å². The second kappa shape index (κ2) is 14.3. The molecule has 1 aliphatic rings. The zero-order valence-corrected chi connectivity index (χ0v) is 19.7. The van der Waals surface area contributed by atoms with Crippen LogP contribution in [0.4, 0.5) is 4.79 Å². The minimum absolute atomic E-state index is 0.135. The van der Waals surface area contributed by atoms with Crippen LogP contribution in [0.25, 0.3) is 0 Å². The lowest BCUT2D eigenvalue weighted by atomic mass is 10.0. The fourth-order valence-electron chi connectivity index (χ4n) is 3.84. The number of nitrogens with one attached hydrogen (secondary N) is 3. The molecule has 1 aliphatic heterocycles. The molecule has 1 aromatic carbocycles. The molecule has 8 nitrogen and oxygen atoms in total. The normalized spacial score (nSPS) is 24.1. The number of alkyl carbamates (subject to hydrolysis) is 1. The Hall–Kier alpha value is -2.90. The highest BCUT2D eigenvalue weighted by molar-refractivity contribution is 5.87. The molecule has 0 bridgehead atoms. The van der Waals surface area contributed by atoms with Crippen LogP contribution in [-0.2, 0) is 25.5 Å². The van der Waals surface area contributed by atoms with E-state index in [1.165, 1.54) is 0 Å². The molecule has 1 saturated heterocycles. The zero-order valence-electron chi connectivity index (χ0n) is 19.7. The molecule has 0 aromatic heterocycles. The van der Waals surface area contributed by atoms with E-state index in [-0.39, 0.29) is 30.8 Å². The second-order valence-corrected chi connectivity index (χ2v) is 9.03. The molecule has 0 aliphatic carbocycles. The van der Waals surface area contributed by atoms with Crippen LogP contribution >= 0.6 is 0 Å². The SMILES string of the molecule is CC(C)C[C@@H]1NC(=O)OC(Cc2ccccc2)CCCCCNC(=O)CC[C@@H](C=O)NC1=O. The number of carbonyl (C=O) groups is 4. The van der Waals surface area contributed by atoms with Crippen molar-refractivity contribution in [2.45, 2.75) is 83.4 Å². The summed E-state index contributed by atoms with van der Waals surface area (Å²) in [7, 11) is 0. The molecular weight excluding hydrogens is 422 g/mol.